The Bertz CT molecular complexity index is 391. The van der Waals surface area contributed by atoms with E-state index in [4.69, 9.17) is 5.11 Å². The Morgan fingerprint density at radius 3 is 2.56 bits per heavy atom. The first-order valence-corrected chi connectivity index (χ1v) is 6.39. The van der Waals surface area contributed by atoms with Crippen molar-refractivity contribution in [3.8, 4) is 0 Å². The predicted octanol–water partition coefficient (Wildman–Crippen LogP) is 3.99. The first-order valence-electron chi connectivity index (χ1n) is 6.39. The van der Waals surface area contributed by atoms with Gasteiger partial charge in [0.1, 0.15) is 0 Å². The molecule has 0 aliphatic carbocycles. The molecule has 0 heterocycles. The summed E-state index contributed by atoms with van der Waals surface area (Å²) in [4.78, 5) is 10.2. The number of hydrogen-bond acceptors (Lipinski definition) is 1. The molecule has 0 aliphatic heterocycles. The SMILES string of the molecule is O=C(O)/C=C/C=C/CCCCCc1ccccc1. The molecular weight excluding hydrogens is 224 g/mol. The zero-order valence-electron chi connectivity index (χ0n) is 10.6. The van der Waals surface area contributed by atoms with Crippen LogP contribution in [0.1, 0.15) is 31.2 Å². The van der Waals surface area contributed by atoms with E-state index >= 15 is 0 Å². The number of unbranched alkanes of at least 4 members (excludes halogenated alkanes) is 3. The minimum atomic E-state index is -0.900. The third-order valence-electron chi connectivity index (χ3n) is 2.67. The second-order valence-electron chi connectivity index (χ2n) is 4.21. The van der Waals surface area contributed by atoms with Gasteiger partial charge >= 0.3 is 5.97 Å². The molecule has 0 aliphatic rings. The Hall–Kier alpha value is -1.83. The van der Waals surface area contributed by atoms with Crippen LogP contribution in [0.15, 0.2) is 54.6 Å². The van der Waals surface area contributed by atoms with Crippen LogP contribution in [0, 0.1) is 0 Å². The van der Waals surface area contributed by atoms with Gasteiger partial charge in [-0.3, -0.25) is 0 Å². The van der Waals surface area contributed by atoms with E-state index in [1.54, 1.807) is 12.2 Å². The van der Waals surface area contributed by atoms with Crippen molar-refractivity contribution in [2.24, 2.45) is 0 Å². The highest BCUT2D eigenvalue weighted by Crippen LogP contribution is 2.07. The number of hydrogen-bond donors (Lipinski definition) is 1. The molecule has 0 unspecified atom stereocenters. The van der Waals surface area contributed by atoms with Gasteiger partial charge in [-0.05, 0) is 31.2 Å². The third-order valence-corrected chi connectivity index (χ3v) is 2.67. The molecule has 0 saturated carbocycles. The van der Waals surface area contributed by atoms with Crippen molar-refractivity contribution in [3.63, 3.8) is 0 Å². The molecule has 1 aromatic rings. The zero-order valence-corrected chi connectivity index (χ0v) is 10.6. The van der Waals surface area contributed by atoms with Crippen LogP contribution in [0.25, 0.3) is 0 Å². The summed E-state index contributed by atoms with van der Waals surface area (Å²) in [6.45, 7) is 0. The van der Waals surface area contributed by atoms with Gasteiger partial charge in [0.15, 0.2) is 0 Å². The summed E-state index contributed by atoms with van der Waals surface area (Å²) in [5.41, 5.74) is 1.40. The summed E-state index contributed by atoms with van der Waals surface area (Å²) in [6.07, 6.45) is 12.3. The second-order valence-corrected chi connectivity index (χ2v) is 4.21. The summed E-state index contributed by atoms with van der Waals surface area (Å²) in [7, 11) is 0. The topological polar surface area (TPSA) is 37.3 Å². The predicted molar refractivity (Wildman–Crippen MR) is 74.5 cm³/mol. The molecule has 0 spiro atoms. The van der Waals surface area contributed by atoms with Crippen LogP contribution >= 0.6 is 0 Å². The first kappa shape index (κ1) is 14.2. The van der Waals surface area contributed by atoms with Crippen molar-refractivity contribution in [2.75, 3.05) is 0 Å². The lowest BCUT2D eigenvalue weighted by Gasteiger charge is -2.00. The monoisotopic (exact) mass is 244 g/mol. The summed E-state index contributed by atoms with van der Waals surface area (Å²) < 4.78 is 0. The Morgan fingerprint density at radius 2 is 1.83 bits per heavy atom. The number of carbonyl (C=O) groups is 1. The average molecular weight is 244 g/mol. The number of aryl methyl sites for hydroxylation is 1. The minimum Gasteiger partial charge on any atom is -0.478 e. The molecule has 0 atom stereocenters. The number of rotatable bonds is 8. The molecule has 96 valence electrons. The lowest BCUT2D eigenvalue weighted by atomic mass is 10.1. The molecule has 1 aromatic carbocycles. The number of carboxylic acids is 1. The molecule has 0 saturated heterocycles. The third kappa shape index (κ3) is 7.44. The molecule has 0 aromatic heterocycles. The Morgan fingerprint density at radius 1 is 1.06 bits per heavy atom. The van der Waals surface area contributed by atoms with E-state index in [0.29, 0.717) is 0 Å². The normalized spacial score (nSPS) is 11.3. The fourth-order valence-electron chi connectivity index (χ4n) is 1.73. The summed E-state index contributed by atoms with van der Waals surface area (Å²) in [5, 5.41) is 8.37. The Kier molecular flexibility index (Phi) is 7.29. The van der Waals surface area contributed by atoms with E-state index in [-0.39, 0.29) is 0 Å². The Balaban J connectivity index is 2.01. The molecule has 1 rings (SSSR count). The van der Waals surface area contributed by atoms with E-state index in [0.717, 1.165) is 25.3 Å². The highest BCUT2D eigenvalue weighted by atomic mass is 16.4. The van der Waals surface area contributed by atoms with E-state index in [1.165, 1.54) is 18.4 Å². The molecule has 0 amide bonds. The van der Waals surface area contributed by atoms with Gasteiger partial charge in [-0.1, -0.05) is 55.0 Å². The maximum absolute atomic E-state index is 10.2. The lowest BCUT2D eigenvalue weighted by Crippen LogP contribution is -1.85. The van der Waals surface area contributed by atoms with Gasteiger partial charge in [-0.2, -0.15) is 0 Å². The van der Waals surface area contributed by atoms with E-state index in [1.807, 2.05) is 12.1 Å². The molecule has 18 heavy (non-hydrogen) atoms. The van der Waals surface area contributed by atoms with Crippen LogP contribution in [0.2, 0.25) is 0 Å². The van der Waals surface area contributed by atoms with Gasteiger partial charge < -0.3 is 5.11 Å². The van der Waals surface area contributed by atoms with Crippen LogP contribution < -0.4 is 0 Å². The van der Waals surface area contributed by atoms with Crippen molar-refractivity contribution < 1.29 is 9.90 Å². The number of aliphatic carboxylic acids is 1. The number of carboxylic acid groups (broad SMARTS) is 1. The van der Waals surface area contributed by atoms with Gasteiger partial charge in [0.25, 0.3) is 0 Å². The second kappa shape index (κ2) is 9.23. The van der Waals surface area contributed by atoms with Crippen LogP contribution in [0.5, 0.6) is 0 Å². The van der Waals surface area contributed by atoms with Crippen LogP contribution in [-0.2, 0) is 11.2 Å². The van der Waals surface area contributed by atoms with Gasteiger partial charge in [-0.25, -0.2) is 4.79 Å². The van der Waals surface area contributed by atoms with Crippen molar-refractivity contribution in [1.29, 1.82) is 0 Å². The van der Waals surface area contributed by atoms with Crippen LogP contribution in [-0.4, -0.2) is 11.1 Å². The molecule has 0 bridgehead atoms. The molecule has 2 nitrogen and oxygen atoms in total. The quantitative estimate of drug-likeness (QED) is 0.426. The Labute approximate surface area is 109 Å². The molecule has 1 N–H and O–H groups in total. The number of allylic oxidation sites excluding steroid dienone is 3. The van der Waals surface area contributed by atoms with Crippen molar-refractivity contribution in [2.45, 2.75) is 32.1 Å². The zero-order chi connectivity index (χ0) is 13.1. The number of benzene rings is 1. The molecular formula is C16H20O2. The standard InChI is InChI=1S/C16H20O2/c17-16(18)14-10-5-3-1-2-4-7-11-15-12-8-6-9-13-15/h3,5-6,8-10,12-14H,1-2,4,7,11H2,(H,17,18)/b5-3+,14-10+. The minimum absolute atomic E-state index is 0.900. The smallest absolute Gasteiger partial charge is 0.328 e. The lowest BCUT2D eigenvalue weighted by molar-refractivity contribution is -0.131. The summed E-state index contributed by atoms with van der Waals surface area (Å²) >= 11 is 0. The van der Waals surface area contributed by atoms with Gasteiger partial charge in [0.2, 0.25) is 0 Å². The van der Waals surface area contributed by atoms with Gasteiger partial charge in [0.05, 0.1) is 0 Å². The van der Waals surface area contributed by atoms with Crippen molar-refractivity contribution >= 4 is 5.97 Å². The van der Waals surface area contributed by atoms with Crippen molar-refractivity contribution in [3.05, 3.63) is 60.2 Å². The molecule has 0 radical (unpaired) electrons. The largest absolute Gasteiger partial charge is 0.478 e. The summed E-state index contributed by atoms with van der Waals surface area (Å²) in [6, 6.07) is 10.5. The highest BCUT2D eigenvalue weighted by Gasteiger charge is 1.91. The first-order chi connectivity index (χ1) is 8.79. The fourth-order valence-corrected chi connectivity index (χ4v) is 1.73. The van der Waals surface area contributed by atoms with E-state index in [2.05, 4.69) is 24.3 Å². The van der Waals surface area contributed by atoms with Crippen molar-refractivity contribution in [1.82, 2.24) is 0 Å². The van der Waals surface area contributed by atoms with Crippen LogP contribution in [0.3, 0.4) is 0 Å². The van der Waals surface area contributed by atoms with Gasteiger partial charge in [-0.15, -0.1) is 0 Å². The highest BCUT2D eigenvalue weighted by molar-refractivity contribution is 5.80. The van der Waals surface area contributed by atoms with E-state index < -0.39 is 5.97 Å². The maximum atomic E-state index is 10.2. The van der Waals surface area contributed by atoms with E-state index in [9.17, 15) is 4.79 Å². The summed E-state index contributed by atoms with van der Waals surface area (Å²) in [5.74, 6) is -0.900. The fraction of sp³-hybridized carbons (Fsp3) is 0.312. The van der Waals surface area contributed by atoms with Gasteiger partial charge in [0, 0.05) is 6.08 Å². The average Bonchev–Trinajstić information content (AvgIpc) is 2.37. The maximum Gasteiger partial charge on any atom is 0.328 e. The van der Waals surface area contributed by atoms with Crippen LogP contribution in [0.4, 0.5) is 0 Å². The molecule has 2 heteroatoms. The molecule has 0 fully saturated rings.